The highest BCUT2D eigenvalue weighted by Crippen LogP contribution is 2.67. The summed E-state index contributed by atoms with van der Waals surface area (Å²) in [7, 11) is -3.60. The molecule has 6 nitrogen and oxygen atoms in total. The summed E-state index contributed by atoms with van der Waals surface area (Å²) >= 11 is 0. The molecular formula is C26H28F2N4O2S. The van der Waals surface area contributed by atoms with Crippen LogP contribution >= 0.6 is 0 Å². The van der Waals surface area contributed by atoms with Gasteiger partial charge in [0.2, 0.25) is 10.0 Å². The predicted octanol–water partition coefficient (Wildman–Crippen LogP) is 4.82. The van der Waals surface area contributed by atoms with Gasteiger partial charge in [0.05, 0.1) is 22.7 Å². The van der Waals surface area contributed by atoms with Gasteiger partial charge in [-0.2, -0.15) is 10.2 Å². The molecule has 0 saturated heterocycles. The molecule has 0 unspecified atom stereocenters. The van der Waals surface area contributed by atoms with Gasteiger partial charge in [0.15, 0.2) is 0 Å². The monoisotopic (exact) mass is 498 g/mol. The number of sulfonamides is 1. The molecule has 0 aliphatic heterocycles. The van der Waals surface area contributed by atoms with Gasteiger partial charge in [0.1, 0.15) is 11.6 Å². The van der Waals surface area contributed by atoms with Crippen molar-refractivity contribution in [3.05, 3.63) is 77.2 Å². The van der Waals surface area contributed by atoms with Crippen LogP contribution in [-0.2, 0) is 21.2 Å². The maximum absolute atomic E-state index is 14.4. The summed E-state index contributed by atoms with van der Waals surface area (Å²) in [6.45, 7) is 6.73. The second-order valence-corrected chi connectivity index (χ2v) is 12.0. The summed E-state index contributed by atoms with van der Waals surface area (Å²) in [5.41, 5.74) is 1.49. The summed E-state index contributed by atoms with van der Waals surface area (Å²) in [5.74, 6) is -1.37. The van der Waals surface area contributed by atoms with Crippen LogP contribution in [0.4, 0.5) is 8.78 Å². The fraction of sp³-hybridized carbons (Fsp3) is 0.423. The molecule has 2 aromatic heterocycles. The molecule has 184 valence electrons. The number of pyridine rings is 1. The van der Waals surface area contributed by atoms with E-state index in [1.165, 1.54) is 18.2 Å². The van der Waals surface area contributed by atoms with Gasteiger partial charge < -0.3 is 0 Å². The molecule has 3 aromatic rings. The van der Waals surface area contributed by atoms with Crippen molar-refractivity contribution in [1.82, 2.24) is 19.5 Å². The number of benzene rings is 1. The van der Waals surface area contributed by atoms with Crippen molar-refractivity contribution >= 4 is 10.0 Å². The van der Waals surface area contributed by atoms with E-state index in [0.717, 1.165) is 24.1 Å². The van der Waals surface area contributed by atoms with Crippen LogP contribution in [0.25, 0.3) is 11.3 Å². The van der Waals surface area contributed by atoms with Crippen molar-refractivity contribution in [1.29, 1.82) is 0 Å². The molecule has 1 saturated carbocycles. The molecule has 2 aliphatic rings. The van der Waals surface area contributed by atoms with E-state index in [0.29, 0.717) is 12.1 Å². The van der Waals surface area contributed by atoms with E-state index in [4.69, 9.17) is 0 Å². The Morgan fingerprint density at radius 3 is 2.43 bits per heavy atom. The molecular weight excluding hydrogens is 470 g/mol. The van der Waals surface area contributed by atoms with E-state index in [1.54, 1.807) is 34.9 Å². The Kier molecular flexibility index (Phi) is 5.75. The van der Waals surface area contributed by atoms with E-state index in [1.807, 2.05) is 6.92 Å². The molecule has 0 amide bonds. The minimum Gasteiger partial charge on any atom is -0.265 e. The van der Waals surface area contributed by atoms with E-state index >= 15 is 0 Å². The summed E-state index contributed by atoms with van der Waals surface area (Å²) in [5, 5.41) is 8.74. The van der Waals surface area contributed by atoms with Gasteiger partial charge in [0.25, 0.3) is 0 Å². The molecule has 0 spiro atoms. The Labute approximate surface area is 204 Å². The molecule has 35 heavy (non-hydrogen) atoms. The van der Waals surface area contributed by atoms with Gasteiger partial charge in [0, 0.05) is 30.9 Å². The van der Waals surface area contributed by atoms with Gasteiger partial charge in [-0.05, 0) is 65.6 Å². The van der Waals surface area contributed by atoms with Crippen LogP contribution in [0.2, 0.25) is 0 Å². The number of hydrogen-bond donors (Lipinski definition) is 0. The summed E-state index contributed by atoms with van der Waals surface area (Å²) in [6.07, 6.45) is 4.81. The quantitative estimate of drug-likeness (QED) is 0.467. The Bertz CT molecular complexity index is 1360. The Morgan fingerprint density at radius 1 is 1.09 bits per heavy atom. The second kappa shape index (κ2) is 8.41. The highest BCUT2D eigenvalue weighted by molar-refractivity contribution is 7.88. The van der Waals surface area contributed by atoms with Gasteiger partial charge in [-0.1, -0.05) is 26.8 Å². The minimum atomic E-state index is -3.60. The molecule has 5 rings (SSSR count). The van der Waals surface area contributed by atoms with E-state index in [-0.39, 0.29) is 34.9 Å². The normalized spacial score (nSPS) is 22.5. The van der Waals surface area contributed by atoms with E-state index in [2.05, 4.69) is 29.0 Å². The lowest BCUT2D eigenvalue weighted by molar-refractivity contribution is 0.169. The molecule has 1 aromatic carbocycles. The van der Waals surface area contributed by atoms with Crippen LogP contribution in [0.3, 0.4) is 0 Å². The topological polar surface area (TPSA) is 76.1 Å². The number of rotatable bonds is 7. The highest BCUT2D eigenvalue weighted by Gasteiger charge is 2.64. The minimum absolute atomic E-state index is 0.100. The standard InChI is InChI=1S/C26H28F2N4O2S/c1-4-32(35(33,34)15-17-9-12-29-13-10-17)16-26-11-8-19(25(26,2)3)18-14-22(30-31-24(18)26)23-20(27)6-5-7-21(23)28/h5-7,9-10,12-14,19H,4,8,11,15-16H2,1-3H3/t19-,26-/m0/s1. The third-order valence-electron chi connectivity index (χ3n) is 8.13. The summed E-state index contributed by atoms with van der Waals surface area (Å²) < 4.78 is 57.3. The van der Waals surface area contributed by atoms with E-state index < -0.39 is 27.1 Å². The van der Waals surface area contributed by atoms with Crippen molar-refractivity contribution in [2.75, 3.05) is 13.1 Å². The number of halogens is 2. The second-order valence-electron chi connectivity index (χ2n) is 10.1. The van der Waals surface area contributed by atoms with Crippen molar-refractivity contribution in [2.45, 2.75) is 50.7 Å². The zero-order valence-electron chi connectivity index (χ0n) is 20.0. The SMILES string of the molecule is CCN(C[C@@]12CC[C@@H](c3cc(-c4c(F)cccc4F)nnc31)C2(C)C)S(=O)(=O)Cc1ccncc1. The van der Waals surface area contributed by atoms with Crippen LogP contribution < -0.4 is 0 Å². The Balaban J connectivity index is 1.54. The predicted molar refractivity (Wildman–Crippen MR) is 129 cm³/mol. The van der Waals surface area contributed by atoms with Crippen molar-refractivity contribution in [3.63, 3.8) is 0 Å². The average molecular weight is 499 g/mol. The van der Waals surface area contributed by atoms with Crippen molar-refractivity contribution in [2.24, 2.45) is 5.41 Å². The van der Waals surface area contributed by atoms with Crippen LogP contribution in [0.15, 0.2) is 48.8 Å². The zero-order chi connectivity index (χ0) is 25.0. The first-order chi connectivity index (χ1) is 16.6. The maximum Gasteiger partial charge on any atom is 0.218 e. The molecule has 2 atom stereocenters. The number of fused-ring (bicyclic) bond motifs is 5. The molecule has 2 heterocycles. The van der Waals surface area contributed by atoms with Gasteiger partial charge in [-0.25, -0.2) is 21.5 Å². The zero-order valence-corrected chi connectivity index (χ0v) is 20.8. The number of hydrogen-bond acceptors (Lipinski definition) is 5. The third kappa shape index (κ3) is 3.67. The molecule has 2 aliphatic carbocycles. The number of likely N-dealkylation sites (N-methyl/N-ethyl adjacent to an activating group) is 1. The Hall–Kier alpha value is -2.78. The van der Waals surface area contributed by atoms with Crippen molar-refractivity contribution in [3.8, 4) is 11.3 Å². The van der Waals surface area contributed by atoms with Crippen molar-refractivity contribution < 1.29 is 17.2 Å². The molecule has 2 bridgehead atoms. The first-order valence-electron chi connectivity index (χ1n) is 11.8. The highest BCUT2D eigenvalue weighted by atomic mass is 32.2. The third-order valence-corrected chi connectivity index (χ3v) is 10.00. The fourth-order valence-electron chi connectivity index (χ4n) is 6.13. The average Bonchev–Trinajstić information content (AvgIpc) is 3.17. The summed E-state index contributed by atoms with van der Waals surface area (Å²) in [6, 6.07) is 8.90. The number of aromatic nitrogens is 3. The smallest absolute Gasteiger partial charge is 0.218 e. The van der Waals surface area contributed by atoms with Gasteiger partial charge in [-0.15, -0.1) is 0 Å². The lowest BCUT2D eigenvalue weighted by atomic mass is 9.68. The Morgan fingerprint density at radius 2 is 1.77 bits per heavy atom. The maximum atomic E-state index is 14.4. The molecule has 1 fully saturated rings. The fourth-order valence-corrected chi connectivity index (χ4v) is 7.74. The largest absolute Gasteiger partial charge is 0.265 e. The van der Waals surface area contributed by atoms with Gasteiger partial charge in [-0.3, -0.25) is 4.98 Å². The van der Waals surface area contributed by atoms with Crippen LogP contribution in [0, 0.1) is 17.0 Å². The van der Waals surface area contributed by atoms with Crippen LogP contribution in [0.5, 0.6) is 0 Å². The first kappa shape index (κ1) is 23.9. The molecule has 0 N–H and O–H groups in total. The molecule has 0 radical (unpaired) electrons. The van der Waals surface area contributed by atoms with E-state index in [9.17, 15) is 17.2 Å². The lowest BCUT2D eigenvalue weighted by Gasteiger charge is -2.41. The summed E-state index contributed by atoms with van der Waals surface area (Å²) in [4.78, 5) is 3.97. The number of nitrogens with zero attached hydrogens (tertiary/aromatic N) is 4. The van der Waals surface area contributed by atoms with Gasteiger partial charge >= 0.3 is 0 Å². The first-order valence-corrected chi connectivity index (χ1v) is 13.4. The van der Waals surface area contributed by atoms with Crippen LogP contribution in [-0.4, -0.2) is 41.0 Å². The molecule has 9 heteroatoms. The lowest BCUT2D eigenvalue weighted by Crippen LogP contribution is -2.48. The van der Waals surface area contributed by atoms with Crippen LogP contribution in [0.1, 0.15) is 56.4 Å².